The van der Waals surface area contributed by atoms with Crippen LogP contribution in [-0.4, -0.2) is 56.2 Å². The molecule has 46 heavy (non-hydrogen) atoms. The Morgan fingerprint density at radius 1 is 1.13 bits per heavy atom. The number of methoxy groups -OCH3 is 1. The molecule has 1 saturated heterocycles. The number of carbonyl (C=O) groups excluding carboxylic acids is 1. The molecule has 0 spiro atoms. The third-order valence-electron chi connectivity index (χ3n) is 8.92. The first kappa shape index (κ1) is 31.2. The first-order chi connectivity index (χ1) is 21.9. The van der Waals surface area contributed by atoms with Crippen LogP contribution in [0.3, 0.4) is 0 Å². The summed E-state index contributed by atoms with van der Waals surface area (Å²) in [5, 5.41) is 12.2. The van der Waals surface area contributed by atoms with Crippen LogP contribution in [0.1, 0.15) is 39.5 Å². The van der Waals surface area contributed by atoms with E-state index in [1.165, 1.54) is 26.2 Å². The van der Waals surface area contributed by atoms with Crippen molar-refractivity contribution in [2.75, 3.05) is 25.5 Å². The number of nitrogens with zero attached hydrogens (tertiary/aromatic N) is 4. The van der Waals surface area contributed by atoms with E-state index in [-0.39, 0.29) is 33.8 Å². The molecular weight excluding hydrogens is 617 g/mol. The van der Waals surface area contributed by atoms with Crippen LogP contribution < -0.4 is 21.3 Å². The number of aliphatic carboxylic acids is 1. The highest BCUT2D eigenvalue weighted by atomic mass is 35.5. The lowest BCUT2D eigenvalue weighted by Crippen LogP contribution is -2.51. The monoisotopic (exact) mass is 647 g/mol. The lowest BCUT2D eigenvalue weighted by Gasteiger charge is -2.41. The molecule has 6 rings (SSSR count). The smallest absolute Gasteiger partial charge is 0.330 e. The Kier molecular flexibility index (Phi) is 8.03. The SMILES string of the molecule is COc1nc(-c2cccc(-c3c(F)ccc(NC(=O)c4cn(C)c(=O)n(C)c4=O)c3C)c2Cl)cc2c1[C@H](N1CC(C(=O)O)C1)CC2. The van der Waals surface area contributed by atoms with Gasteiger partial charge in [-0.15, -0.1) is 0 Å². The highest BCUT2D eigenvalue weighted by Gasteiger charge is 2.41. The van der Waals surface area contributed by atoms with Crippen molar-refractivity contribution in [3.05, 3.63) is 96.5 Å². The van der Waals surface area contributed by atoms with Gasteiger partial charge in [0.25, 0.3) is 11.5 Å². The van der Waals surface area contributed by atoms with Gasteiger partial charge >= 0.3 is 11.7 Å². The highest BCUT2D eigenvalue weighted by molar-refractivity contribution is 6.36. The Hall–Kier alpha value is -4.81. The molecular formula is C33H31ClFN5O6. The minimum Gasteiger partial charge on any atom is -0.481 e. The van der Waals surface area contributed by atoms with Crippen molar-refractivity contribution in [2.45, 2.75) is 25.8 Å². The number of carboxylic acid groups (broad SMARTS) is 1. The number of likely N-dealkylation sites (tertiary alicyclic amines) is 1. The Labute approximate surface area is 267 Å². The summed E-state index contributed by atoms with van der Waals surface area (Å²) in [6, 6.07) is 9.77. The van der Waals surface area contributed by atoms with Crippen molar-refractivity contribution in [2.24, 2.45) is 20.0 Å². The molecule has 3 heterocycles. The van der Waals surface area contributed by atoms with Crippen molar-refractivity contribution in [3.8, 4) is 28.3 Å². The summed E-state index contributed by atoms with van der Waals surface area (Å²) in [7, 11) is 4.25. The molecule has 0 bridgehead atoms. The summed E-state index contributed by atoms with van der Waals surface area (Å²) in [6.07, 6.45) is 2.73. The summed E-state index contributed by atoms with van der Waals surface area (Å²) in [6.45, 7) is 2.59. The number of nitrogens with one attached hydrogen (secondary N) is 1. The quantitative estimate of drug-likeness (QED) is 0.305. The van der Waals surface area contributed by atoms with Gasteiger partial charge in [0.05, 0.1) is 23.7 Å². The van der Waals surface area contributed by atoms with Gasteiger partial charge in [-0.2, -0.15) is 0 Å². The Balaban J connectivity index is 1.35. The number of aryl methyl sites for hydroxylation is 2. The molecule has 2 aromatic carbocycles. The molecule has 1 aliphatic carbocycles. The Morgan fingerprint density at radius 3 is 2.54 bits per heavy atom. The highest BCUT2D eigenvalue weighted by Crippen LogP contribution is 2.46. The zero-order valence-electron chi connectivity index (χ0n) is 25.6. The van der Waals surface area contributed by atoms with E-state index in [0.717, 1.165) is 39.3 Å². The summed E-state index contributed by atoms with van der Waals surface area (Å²) in [5.41, 5.74) is 2.69. The lowest BCUT2D eigenvalue weighted by molar-refractivity contribution is -0.148. The maximum Gasteiger partial charge on any atom is 0.330 e. The van der Waals surface area contributed by atoms with Crippen LogP contribution >= 0.6 is 11.6 Å². The molecule has 11 nitrogen and oxygen atoms in total. The van der Waals surface area contributed by atoms with E-state index in [4.69, 9.17) is 21.3 Å². The average molecular weight is 648 g/mol. The number of halogens is 2. The van der Waals surface area contributed by atoms with Crippen molar-refractivity contribution in [1.82, 2.24) is 19.0 Å². The Morgan fingerprint density at radius 2 is 1.85 bits per heavy atom. The van der Waals surface area contributed by atoms with Crippen molar-refractivity contribution in [3.63, 3.8) is 0 Å². The van der Waals surface area contributed by atoms with E-state index < -0.39 is 28.9 Å². The van der Waals surface area contributed by atoms with Crippen LogP contribution in [0.15, 0.2) is 52.2 Å². The maximum atomic E-state index is 15.5. The van der Waals surface area contributed by atoms with Crippen molar-refractivity contribution >= 4 is 29.2 Å². The fraction of sp³-hybridized carbons (Fsp3) is 0.303. The second-order valence-corrected chi connectivity index (χ2v) is 12.0. The van der Waals surface area contributed by atoms with Gasteiger partial charge in [-0.1, -0.05) is 29.8 Å². The number of hydrogen-bond acceptors (Lipinski definition) is 7. The second-order valence-electron chi connectivity index (χ2n) is 11.6. The third-order valence-corrected chi connectivity index (χ3v) is 9.33. The van der Waals surface area contributed by atoms with E-state index in [1.807, 2.05) is 6.07 Å². The van der Waals surface area contributed by atoms with Gasteiger partial charge in [-0.05, 0) is 49.1 Å². The number of carboxylic acids is 1. The fourth-order valence-electron chi connectivity index (χ4n) is 6.39. The topological polar surface area (TPSA) is 136 Å². The number of amides is 1. The molecule has 1 amide bonds. The molecule has 238 valence electrons. The van der Waals surface area contributed by atoms with Gasteiger partial charge in [-0.3, -0.25) is 23.9 Å². The summed E-state index contributed by atoms with van der Waals surface area (Å²) < 4.78 is 23.2. The van der Waals surface area contributed by atoms with E-state index in [2.05, 4.69) is 10.2 Å². The number of aromatic nitrogens is 3. The molecule has 1 aliphatic heterocycles. The molecule has 1 fully saturated rings. The molecule has 0 saturated carbocycles. The van der Waals surface area contributed by atoms with E-state index in [9.17, 15) is 24.3 Å². The van der Waals surface area contributed by atoms with Gasteiger partial charge in [0.1, 0.15) is 11.4 Å². The average Bonchev–Trinajstić information content (AvgIpc) is 3.42. The zero-order chi connectivity index (χ0) is 33.0. The lowest BCUT2D eigenvalue weighted by atomic mass is 9.94. The van der Waals surface area contributed by atoms with Gasteiger partial charge in [0.15, 0.2) is 0 Å². The number of carbonyl (C=O) groups is 2. The van der Waals surface area contributed by atoms with Crippen molar-refractivity contribution in [1.29, 1.82) is 0 Å². The zero-order valence-corrected chi connectivity index (χ0v) is 26.3. The fourth-order valence-corrected chi connectivity index (χ4v) is 6.70. The first-order valence-corrected chi connectivity index (χ1v) is 15.0. The normalized spacial score (nSPS) is 16.2. The van der Waals surface area contributed by atoms with Gasteiger partial charge in [0, 0.05) is 67.4 Å². The van der Waals surface area contributed by atoms with Crippen molar-refractivity contribution < 1.29 is 23.8 Å². The number of rotatable bonds is 7. The molecule has 2 N–H and O–H groups in total. The standard InChI is InChI=1S/C33H31ClFN5O6/c1-16-23(36-29(41)21-15-38(2)33(45)39(3)31(21)42)10-9-22(35)26(16)20-7-5-6-19(28(20)34)24-12-17-8-11-25(27(17)30(37-24)46-4)40-13-18(14-40)32(43)44/h5-7,9-10,12,15,18,25H,8,11,13-14H2,1-4H3,(H,36,41)(H,43,44)/t25-/m1/s1. The van der Waals surface area contributed by atoms with Gasteiger partial charge in [0.2, 0.25) is 5.88 Å². The second kappa shape index (κ2) is 11.8. The van der Waals surface area contributed by atoms with Gasteiger partial charge in [-0.25, -0.2) is 14.2 Å². The number of pyridine rings is 1. The molecule has 1 atom stereocenters. The molecule has 0 radical (unpaired) electrons. The number of ether oxygens (including phenoxy) is 1. The maximum absolute atomic E-state index is 15.5. The van der Waals surface area contributed by atoms with E-state index in [0.29, 0.717) is 41.4 Å². The molecule has 4 aromatic rings. The molecule has 2 aromatic heterocycles. The summed E-state index contributed by atoms with van der Waals surface area (Å²) in [5.74, 6) is -2.04. The summed E-state index contributed by atoms with van der Waals surface area (Å²) >= 11 is 6.97. The van der Waals surface area contributed by atoms with Gasteiger partial charge < -0.3 is 19.7 Å². The minimum atomic E-state index is -0.793. The predicted octanol–water partition coefficient (Wildman–Crippen LogP) is 4.18. The molecule has 13 heteroatoms. The van der Waals surface area contributed by atoms with Crippen LogP contribution in [0.4, 0.5) is 10.1 Å². The third kappa shape index (κ3) is 5.17. The summed E-state index contributed by atoms with van der Waals surface area (Å²) in [4.78, 5) is 56.1. The minimum absolute atomic E-state index is 0.0135. The van der Waals surface area contributed by atoms with Crippen LogP contribution in [-0.2, 0) is 25.3 Å². The largest absolute Gasteiger partial charge is 0.481 e. The number of benzene rings is 2. The van der Waals surface area contributed by atoms with Crippen LogP contribution in [0.5, 0.6) is 5.88 Å². The molecule has 2 aliphatic rings. The predicted molar refractivity (Wildman–Crippen MR) is 170 cm³/mol. The van der Waals surface area contributed by atoms with Crippen LogP contribution in [0.2, 0.25) is 5.02 Å². The Bertz CT molecular complexity index is 2050. The van der Waals surface area contributed by atoms with E-state index >= 15 is 4.39 Å². The number of fused-ring (bicyclic) bond motifs is 1. The number of anilines is 1. The van der Waals surface area contributed by atoms with E-state index in [1.54, 1.807) is 32.2 Å². The first-order valence-electron chi connectivity index (χ1n) is 14.6. The van der Waals surface area contributed by atoms with Crippen LogP contribution in [0, 0.1) is 18.7 Å². The molecule has 0 unspecified atom stereocenters. The number of hydrogen-bond donors (Lipinski definition) is 2. The van der Waals surface area contributed by atoms with Crippen LogP contribution in [0.25, 0.3) is 22.4 Å².